The minimum Gasteiger partial charge on any atom is -0.267 e. The molecule has 2 rings (SSSR count). The zero-order valence-corrected chi connectivity index (χ0v) is 9.82. The molecule has 0 atom stereocenters. The molecule has 1 aromatic heterocycles. The van der Waals surface area contributed by atoms with Crippen molar-refractivity contribution in [1.29, 1.82) is 0 Å². The largest absolute Gasteiger partial charge is 0.278 e. The summed E-state index contributed by atoms with van der Waals surface area (Å²) in [6.07, 6.45) is 0. The van der Waals surface area contributed by atoms with E-state index in [0.717, 1.165) is 11.4 Å². The summed E-state index contributed by atoms with van der Waals surface area (Å²) in [7, 11) is 0. The first-order valence-corrected chi connectivity index (χ1v) is 5.29. The Morgan fingerprint density at radius 1 is 1.31 bits per heavy atom. The number of rotatable bonds is 1. The van der Waals surface area contributed by atoms with Crippen LogP contribution in [0.1, 0.15) is 21.7 Å². The molecule has 0 amide bonds. The van der Waals surface area contributed by atoms with Gasteiger partial charge in [-0.2, -0.15) is 5.10 Å². The molecule has 0 aliphatic heterocycles. The van der Waals surface area contributed by atoms with Crippen molar-refractivity contribution in [2.45, 2.75) is 13.8 Å². The number of carbonyl (C=O) groups excluding carboxylic acids is 1. The van der Waals surface area contributed by atoms with Crippen molar-refractivity contribution in [1.82, 2.24) is 9.78 Å². The molecule has 0 unspecified atom stereocenters. The Bertz CT molecular complexity index is 546. The van der Waals surface area contributed by atoms with Crippen molar-refractivity contribution >= 4 is 17.5 Å². The summed E-state index contributed by atoms with van der Waals surface area (Å²) >= 11 is 5.84. The van der Waals surface area contributed by atoms with Crippen LogP contribution in [0.5, 0.6) is 0 Å². The topological polar surface area (TPSA) is 34.9 Å². The Kier molecular flexibility index (Phi) is 2.79. The lowest BCUT2D eigenvalue weighted by Gasteiger charge is -2.03. The van der Waals surface area contributed by atoms with Crippen molar-refractivity contribution in [3.8, 4) is 0 Å². The lowest BCUT2D eigenvalue weighted by molar-refractivity contribution is 0.0942. The predicted molar refractivity (Wildman–Crippen MR) is 62.9 cm³/mol. The van der Waals surface area contributed by atoms with E-state index in [1.807, 2.05) is 19.9 Å². The number of aryl methyl sites for hydroxylation is 2. The van der Waals surface area contributed by atoms with E-state index >= 15 is 0 Å². The fourth-order valence-electron chi connectivity index (χ4n) is 1.58. The third-order valence-electron chi connectivity index (χ3n) is 2.27. The lowest BCUT2D eigenvalue weighted by atomic mass is 10.2. The van der Waals surface area contributed by atoms with Gasteiger partial charge >= 0.3 is 0 Å². The summed E-state index contributed by atoms with van der Waals surface area (Å²) in [5, 5.41) is 4.69. The molecule has 0 spiro atoms. The van der Waals surface area contributed by atoms with Gasteiger partial charge < -0.3 is 0 Å². The zero-order valence-electron chi connectivity index (χ0n) is 9.07. The molecule has 1 heterocycles. The molecule has 0 saturated heterocycles. The van der Waals surface area contributed by atoms with Crippen LogP contribution in [0.3, 0.4) is 0 Å². The fraction of sp³-hybridized carbons (Fsp3) is 0.167. The van der Waals surface area contributed by atoms with Gasteiger partial charge in [-0.25, -0.2) is 4.68 Å². The van der Waals surface area contributed by atoms with E-state index in [1.165, 1.54) is 4.68 Å². The number of halogens is 1. The van der Waals surface area contributed by atoms with Gasteiger partial charge in [0.15, 0.2) is 0 Å². The highest BCUT2D eigenvalue weighted by atomic mass is 35.5. The average molecular weight is 235 g/mol. The number of nitrogens with zero attached hydrogens (tertiary/aromatic N) is 2. The van der Waals surface area contributed by atoms with Crippen LogP contribution in [-0.2, 0) is 0 Å². The van der Waals surface area contributed by atoms with E-state index < -0.39 is 0 Å². The summed E-state index contributed by atoms with van der Waals surface area (Å²) in [6.45, 7) is 3.71. The number of aromatic nitrogens is 2. The summed E-state index contributed by atoms with van der Waals surface area (Å²) in [6, 6.07) is 8.72. The Morgan fingerprint density at radius 2 is 2.06 bits per heavy atom. The molecule has 16 heavy (non-hydrogen) atoms. The second-order valence-corrected chi connectivity index (χ2v) is 4.09. The van der Waals surface area contributed by atoms with Crippen molar-refractivity contribution < 1.29 is 4.79 Å². The molecule has 1 aromatic carbocycles. The van der Waals surface area contributed by atoms with Crippen LogP contribution >= 0.6 is 11.6 Å². The molecule has 2 aromatic rings. The molecule has 0 N–H and O–H groups in total. The molecular formula is C12H11ClN2O. The van der Waals surface area contributed by atoms with Crippen LogP contribution in [0.4, 0.5) is 0 Å². The molecule has 0 saturated carbocycles. The van der Waals surface area contributed by atoms with Crippen LogP contribution in [0.2, 0.25) is 5.02 Å². The molecule has 82 valence electrons. The molecule has 4 heteroatoms. The summed E-state index contributed by atoms with van der Waals surface area (Å²) < 4.78 is 1.39. The first-order chi connectivity index (χ1) is 7.58. The third kappa shape index (κ3) is 1.99. The van der Waals surface area contributed by atoms with Crippen LogP contribution in [0, 0.1) is 13.8 Å². The predicted octanol–water partition coefficient (Wildman–Crippen LogP) is 2.84. The molecule has 0 bridgehead atoms. The van der Waals surface area contributed by atoms with Crippen molar-refractivity contribution in [3.05, 3.63) is 52.3 Å². The van der Waals surface area contributed by atoms with Gasteiger partial charge in [-0.05, 0) is 38.1 Å². The van der Waals surface area contributed by atoms with E-state index in [1.54, 1.807) is 24.3 Å². The summed E-state index contributed by atoms with van der Waals surface area (Å²) in [4.78, 5) is 12.1. The Balaban J connectivity index is 2.43. The van der Waals surface area contributed by atoms with E-state index in [4.69, 9.17) is 11.6 Å². The minimum absolute atomic E-state index is 0.159. The maximum Gasteiger partial charge on any atom is 0.278 e. The Morgan fingerprint density at radius 3 is 2.62 bits per heavy atom. The fourth-order valence-corrected chi connectivity index (χ4v) is 1.77. The Labute approximate surface area is 98.7 Å². The van der Waals surface area contributed by atoms with Gasteiger partial charge in [0, 0.05) is 16.3 Å². The standard InChI is InChI=1S/C12H11ClN2O/c1-8-6-9(2)15(14-8)12(16)10-4-3-5-11(13)7-10/h3-7H,1-2H3. The van der Waals surface area contributed by atoms with Gasteiger partial charge in [-0.15, -0.1) is 0 Å². The molecule has 0 fully saturated rings. The van der Waals surface area contributed by atoms with Gasteiger partial charge in [-0.1, -0.05) is 17.7 Å². The first kappa shape index (κ1) is 10.9. The van der Waals surface area contributed by atoms with E-state index in [0.29, 0.717) is 10.6 Å². The average Bonchev–Trinajstić information content (AvgIpc) is 2.57. The van der Waals surface area contributed by atoms with Gasteiger partial charge in [0.25, 0.3) is 5.91 Å². The lowest BCUT2D eigenvalue weighted by Crippen LogP contribution is -2.15. The molecule has 0 radical (unpaired) electrons. The monoisotopic (exact) mass is 234 g/mol. The van der Waals surface area contributed by atoms with Crippen LogP contribution in [-0.4, -0.2) is 15.7 Å². The van der Waals surface area contributed by atoms with Gasteiger partial charge in [-0.3, -0.25) is 4.79 Å². The molecule has 0 aliphatic rings. The molecule has 0 aliphatic carbocycles. The number of benzene rings is 1. The maximum atomic E-state index is 12.1. The number of carbonyl (C=O) groups is 1. The highest BCUT2D eigenvalue weighted by molar-refractivity contribution is 6.30. The SMILES string of the molecule is Cc1cc(C)n(C(=O)c2cccc(Cl)c2)n1. The van der Waals surface area contributed by atoms with E-state index in [-0.39, 0.29) is 5.91 Å². The minimum atomic E-state index is -0.159. The first-order valence-electron chi connectivity index (χ1n) is 4.91. The van der Waals surface area contributed by atoms with E-state index in [9.17, 15) is 4.79 Å². The summed E-state index contributed by atoms with van der Waals surface area (Å²) in [5.74, 6) is -0.159. The van der Waals surface area contributed by atoms with Crippen LogP contribution in [0.25, 0.3) is 0 Å². The van der Waals surface area contributed by atoms with Crippen molar-refractivity contribution in [3.63, 3.8) is 0 Å². The highest BCUT2D eigenvalue weighted by Gasteiger charge is 2.12. The number of hydrogen-bond acceptors (Lipinski definition) is 2. The molecular weight excluding hydrogens is 224 g/mol. The third-order valence-corrected chi connectivity index (χ3v) is 2.51. The number of hydrogen-bond donors (Lipinski definition) is 0. The molecule has 3 nitrogen and oxygen atoms in total. The summed E-state index contributed by atoms with van der Waals surface area (Å²) in [5.41, 5.74) is 2.19. The zero-order chi connectivity index (χ0) is 11.7. The highest BCUT2D eigenvalue weighted by Crippen LogP contribution is 2.13. The van der Waals surface area contributed by atoms with E-state index in [2.05, 4.69) is 5.10 Å². The second kappa shape index (κ2) is 4.10. The van der Waals surface area contributed by atoms with Crippen molar-refractivity contribution in [2.24, 2.45) is 0 Å². The quantitative estimate of drug-likeness (QED) is 0.761. The second-order valence-electron chi connectivity index (χ2n) is 3.65. The maximum absolute atomic E-state index is 12.1. The van der Waals surface area contributed by atoms with Crippen LogP contribution in [0.15, 0.2) is 30.3 Å². The Hall–Kier alpha value is -1.61. The van der Waals surface area contributed by atoms with Gasteiger partial charge in [0.05, 0.1) is 5.69 Å². The van der Waals surface area contributed by atoms with Crippen molar-refractivity contribution in [2.75, 3.05) is 0 Å². The van der Waals surface area contributed by atoms with Gasteiger partial charge in [0.2, 0.25) is 0 Å². The van der Waals surface area contributed by atoms with Crippen LogP contribution < -0.4 is 0 Å². The van der Waals surface area contributed by atoms with Gasteiger partial charge in [0.1, 0.15) is 0 Å². The normalized spacial score (nSPS) is 10.4. The smallest absolute Gasteiger partial charge is 0.267 e.